The van der Waals surface area contributed by atoms with Gasteiger partial charge in [-0.3, -0.25) is 0 Å². The average molecular weight is 273 g/mol. The van der Waals surface area contributed by atoms with Crippen LogP contribution in [0.3, 0.4) is 0 Å². The molecule has 64 valence electrons. The SMILES string of the molecule is CN/C=C/c1ccc(CI)cc1. The first kappa shape index (κ1) is 9.58. The number of nitrogens with one attached hydrogen (secondary N) is 1. The maximum absolute atomic E-state index is 2.96. The van der Waals surface area contributed by atoms with Gasteiger partial charge in [0, 0.05) is 11.5 Å². The van der Waals surface area contributed by atoms with Crippen molar-refractivity contribution >= 4 is 28.7 Å². The summed E-state index contributed by atoms with van der Waals surface area (Å²) in [6.45, 7) is 0. The summed E-state index contributed by atoms with van der Waals surface area (Å²) in [7, 11) is 1.90. The van der Waals surface area contributed by atoms with Gasteiger partial charge in [-0.2, -0.15) is 0 Å². The van der Waals surface area contributed by atoms with E-state index in [0.29, 0.717) is 0 Å². The standard InChI is InChI=1S/C10H12IN/c1-12-7-6-9-2-4-10(8-11)5-3-9/h2-7,12H,8H2,1H3/b7-6+. The third kappa shape index (κ3) is 2.85. The van der Waals surface area contributed by atoms with Crippen LogP contribution in [0.25, 0.3) is 6.08 Å². The molecule has 1 aromatic rings. The summed E-state index contributed by atoms with van der Waals surface area (Å²) in [6.07, 6.45) is 3.98. The summed E-state index contributed by atoms with van der Waals surface area (Å²) in [5.41, 5.74) is 2.61. The smallest absolute Gasteiger partial charge is 0.0247 e. The van der Waals surface area contributed by atoms with E-state index in [1.54, 1.807) is 0 Å². The fraction of sp³-hybridized carbons (Fsp3) is 0.200. The van der Waals surface area contributed by atoms with Crippen molar-refractivity contribution in [3.05, 3.63) is 41.6 Å². The van der Waals surface area contributed by atoms with Crippen LogP contribution in [-0.4, -0.2) is 7.05 Å². The molecular formula is C10H12IN. The van der Waals surface area contributed by atoms with Crippen LogP contribution in [0.2, 0.25) is 0 Å². The van der Waals surface area contributed by atoms with Crippen LogP contribution in [0.15, 0.2) is 30.5 Å². The van der Waals surface area contributed by atoms with E-state index < -0.39 is 0 Å². The van der Waals surface area contributed by atoms with E-state index in [1.807, 2.05) is 13.2 Å². The van der Waals surface area contributed by atoms with Crippen molar-refractivity contribution in [1.82, 2.24) is 5.32 Å². The molecular weight excluding hydrogens is 261 g/mol. The van der Waals surface area contributed by atoms with Crippen molar-refractivity contribution in [2.24, 2.45) is 0 Å². The Hall–Kier alpha value is -0.510. The van der Waals surface area contributed by atoms with Gasteiger partial charge in [0.1, 0.15) is 0 Å². The van der Waals surface area contributed by atoms with Gasteiger partial charge in [-0.1, -0.05) is 46.9 Å². The third-order valence-electron chi connectivity index (χ3n) is 1.58. The number of halogens is 1. The molecule has 0 bridgehead atoms. The van der Waals surface area contributed by atoms with E-state index in [0.717, 1.165) is 4.43 Å². The minimum absolute atomic E-state index is 1.08. The second kappa shape index (κ2) is 5.19. The van der Waals surface area contributed by atoms with Gasteiger partial charge in [0.25, 0.3) is 0 Å². The lowest BCUT2D eigenvalue weighted by Crippen LogP contribution is -1.90. The molecule has 1 N–H and O–H groups in total. The summed E-state index contributed by atoms with van der Waals surface area (Å²) in [6, 6.07) is 8.56. The molecule has 0 aliphatic heterocycles. The van der Waals surface area contributed by atoms with Gasteiger partial charge < -0.3 is 5.32 Å². The van der Waals surface area contributed by atoms with Crippen LogP contribution in [0.5, 0.6) is 0 Å². The van der Waals surface area contributed by atoms with E-state index in [2.05, 4.69) is 58.2 Å². The van der Waals surface area contributed by atoms with E-state index in [4.69, 9.17) is 0 Å². The molecule has 1 rings (SSSR count). The lowest BCUT2D eigenvalue weighted by atomic mass is 10.1. The summed E-state index contributed by atoms with van der Waals surface area (Å²) in [5.74, 6) is 0. The molecule has 0 aliphatic rings. The van der Waals surface area contributed by atoms with E-state index >= 15 is 0 Å². The topological polar surface area (TPSA) is 12.0 Å². The van der Waals surface area contributed by atoms with Gasteiger partial charge in [0.05, 0.1) is 0 Å². The molecule has 0 saturated carbocycles. The highest BCUT2D eigenvalue weighted by Crippen LogP contribution is 2.08. The number of alkyl halides is 1. The molecule has 12 heavy (non-hydrogen) atoms. The van der Waals surface area contributed by atoms with Gasteiger partial charge in [0.15, 0.2) is 0 Å². The molecule has 0 fully saturated rings. The van der Waals surface area contributed by atoms with Crippen LogP contribution in [-0.2, 0) is 4.43 Å². The van der Waals surface area contributed by atoms with Crippen molar-refractivity contribution in [1.29, 1.82) is 0 Å². The quantitative estimate of drug-likeness (QED) is 0.659. The fourth-order valence-corrected chi connectivity index (χ4v) is 1.41. The molecule has 1 nitrogen and oxygen atoms in total. The Morgan fingerprint density at radius 1 is 1.33 bits per heavy atom. The van der Waals surface area contributed by atoms with Crippen LogP contribution in [0.4, 0.5) is 0 Å². The van der Waals surface area contributed by atoms with E-state index in [1.165, 1.54) is 11.1 Å². The summed E-state index contributed by atoms with van der Waals surface area (Å²) in [4.78, 5) is 0. The third-order valence-corrected chi connectivity index (χ3v) is 2.46. The largest absolute Gasteiger partial charge is 0.394 e. The highest BCUT2D eigenvalue weighted by atomic mass is 127. The fourth-order valence-electron chi connectivity index (χ4n) is 0.897. The van der Waals surface area contributed by atoms with Gasteiger partial charge in [-0.25, -0.2) is 0 Å². The minimum Gasteiger partial charge on any atom is -0.394 e. The average Bonchev–Trinajstić information content (AvgIpc) is 2.15. The van der Waals surface area contributed by atoms with Crippen molar-refractivity contribution in [3.63, 3.8) is 0 Å². The lowest BCUT2D eigenvalue weighted by Gasteiger charge is -1.96. The summed E-state index contributed by atoms with van der Waals surface area (Å²) in [5, 5.41) is 2.96. The predicted octanol–water partition coefficient (Wildman–Crippen LogP) is 2.81. The molecule has 0 saturated heterocycles. The lowest BCUT2D eigenvalue weighted by molar-refractivity contribution is 1.11. The molecule has 2 heteroatoms. The second-order valence-corrected chi connectivity index (χ2v) is 3.26. The molecule has 0 spiro atoms. The Balaban J connectivity index is 2.71. The highest BCUT2D eigenvalue weighted by Gasteiger charge is 1.88. The van der Waals surface area contributed by atoms with Crippen LogP contribution < -0.4 is 5.32 Å². The molecule has 0 atom stereocenters. The number of benzene rings is 1. The Morgan fingerprint density at radius 3 is 2.50 bits per heavy atom. The minimum atomic E-state index is 1.08. The Labute approximate surface area is 87.0 Å². The highest BCUT2D eigenvalue weighted by molar-refractivity contribution is 14.1. The number of hydrogen-bond donors (Lipinski definition) is 1. The predicted molar refractivity (Wildman–Crippen MR) is 62.3 cm³/mol. The van der Waals surface area contributed by atoms with Gasteiger partial charge in [-0.05, 0) is 23.4 Å². The molecule has 0 amide bonds. The second-order valence-electron chi connectivity index (χ2n) is 2.50. The summed E-state index contributed by atoms with van der Waals surface area (Å²) >= 11 is 2.36. The zero-order valence-electron chi connectivity index (χ0n) is 7.05. The zero-order chi connectivity index (χ0) is 8.81. The monoisotopic (exact) mass is 273 g/mol. The maximum atomic E-state index is 2.96. The van der Waals surface area contributed by atoms with Crippen molar-refractivity contribution in [3.8, 4) is 0 Å². The number of hydrogen-bond acceptors (Lipinski definition) is 1. The zero-order valence-corrected chi connectivity index (χ0v) is 9.21. The van der Waals surface area contributed by atoms with Crippen LogP contribution in [0.1, 0.15) is 11.1 Å². The molecule has 1 aromatic carbocycles. The summed E-state index contributed by atoms with van der Waals surface area (Å²) < 4.78 is 1.08. The molecule has 0 aliphatic carbocycles. The number of rotatable bonds is 3. The molecule has 0 aromatic heterocycles. The molecule has 0 radical (unpaired) electrons. The molecule has 0 heterocycles. The first-order valence-electron chi connectivity index (χ1n) is 3.85. The Bertz CT molecular complexity index is 251. The van der Waals surface area contributed by atoms with Gasteiger partial charge in [-0.15, -0.1) is 0 Å². The normalized spacial score (nSPS) is 10.5. The Kier molecular flexibility index (Phi) is 4.14. The van der Waals surface area contributed by atoms with Gasteiger partial charge in [0.2, 0.25) is 0 Å². The molecule has 0 unspecified atom stereocenters. The van der Waals surface area contributed by atoms with Crippen LogP contribution >= 0.6 is 22.6 Å². The van der Waals surface area contributed by atoms with Crippen molar-refractivity contribution in [2.45, 2.75) is 4.43 Å². The van der Waals surface area contributed by atoms with Crippen LogP contribution in [0, 0.1) is 0 Å². The Morgan fingerprint density at radius 2 is 2.00 bits per heavy atom. The maximum Gasteiger partial charge on any atom is 0.0247 e. The van der Waals surface area contributed by atoms with E-state index in [-0.39, 0.29) is 0 Å². The first-order valence-corrected chi connectivity index (χ1v) is 5.38. The van der Waals surface area contributed by atoms with Crippen molar-refractivity contribution < 1.29 is 0 Å². The van der Waals surface area contributed by atoms with E-state index in [9.17, 15) is 0 Å². The first-order chi connectivity index (χ1) is 5.86. The van der Waals surface area contributed by atoms with Crippen molar-refractivity contribution in [2.75, 3.05) is 7.05 Å². The van der Waals surface area contributed by atoms with Gasteiger partial charge >= 0.3 is 0 Å².